The molecule has 2 aromatic rings. The average molecular weight is 272 g/mol. The van der Waals surface area contributed by atoms with E-state index >= 15 is 0 Å². The third-order valence-electron chi connectivity index (χ3n) is 3.14. The fraction of sp³-hybridized carbons (Fsp3) is 0.235. The highest BCUT2D eigenvalue weighted by molar-refractivity contribution is 5.83. The zero-order chi connectivity index (χ0) is 14.5. The maximum Gasteiger partial charge on any atom is 0.165 e. The van der Waals surface area contributed by atoms with Gasteiger partial charge < -0.3 is 4.74 Å². The van der Waals surface area contributed by atoms with Gasteiger partial charge in [-0.05, 0) is 30.2 Å². The summed E-state index contributed by atoms with van der Waals surface area (Å²) in [7, 11) is 1.42. The van der Waals surface area contributed by atoms with Crippen molar-refractivity contribution >= 4 is 5.78 Å². The molecule has 2 aromatic carbocycles. The summed E-state index contributed by atoms with van der Waals surface area (Å²) in [6, 6.07) is 12.5. The molecule has 0 radical (unpaired) electrons. The lowest BCUT2D eigenvalue weighted by Gasteiger charge is -2.05. The topological polar surface area (TPSA) is 26.3 Å². The number of benzene rings is 2. The summed E-state index contributed by atoms with van der Waals surface area (Å²) in [5.41, 5.74) is 2.81. The first kappa shape index (κ1) is 14.3. The summed E-state index contributed by atoms with van der Waals surface area (Å²) in [6.45, 7) is 2.01. The number of carbonyl (C=O) groups excluding carboxylic acids is 1. The van der Waals surface area contributed by atoms with Gasteiger partial charge in [0.2, 0.25) is 0 Å². The quantitative estimate of drug-likeness (QED) is 0.832. The van der Waals surface area contributed by atoms with Crippen molar-refractivity contribution in [2.24, 2.45) is 0 Å². The van der Waals surface area contributed by atoms with Crippen molar-refractivity contribution in [3.05, 3.63) is 65.0 Å². The standard InChI is InChI=1S/C17H17FO2/c1-12-3-5-13(6-4-12)9-15(19)10-14-7-8-17(20-2)16(18)11-14/h3-8,11H,9-10H2,1-2H3. The highest BCUT2D eigenvalue weighted by atomic mass is 19.1. The molecule has 104 valence electrons. The van der Waals surface area contributed by atoms with E-state index in [1.54, 1.807) is 12.1 Å². The highest BCUT2D eigenvalue weighted by Crippen LogP contribution is 2.18. The molecule has 0 fully saturated rings. The molecule has 0 aliphatic rings. The molecule has 2 nitrogen and oxygen atoms in total. The number of Topliss-reactive ketones (excluding diaryl/α,β-unsaturated/α-hetero) is 1. The monoisotopic (exact) mass is 272 g/mol. The zero-order valence-corrected chi connectivity index (χ0v) is 11.7. The summed E-state index contributed by atoms with van der Waals surface area (Å²) in [5.74, 6) is -0.175. The summed E-state index contributed by atoms with van der Waals surface area (Å²) in [4.78, 5) is 12.0. The second-order valence-corrected chi connectivity index (χ2v) is 4.85. The van der Waals surface area contributed by atoms with Gasteiger partial charge in [0, 0.05) is 12.8 Å². The Labute approximate surface area is 118 Å². The Hall–Kier alpha value is -2.16. The van der Waals surface area contributed by atoms with Gasteiger partial charge in [0.25, 0.3) is 0 Å². The predicted molar refractivity (Wildman–Crippen MR) is 76.5 cm³/mol. The normalized spacial score (nSPS) is 10.3. The minimum Gasteiger partial charge on any atom is -0.494 e. The first-order valence-electron chi connectivity index (χ1n) is 6.48. The van der Waals surface area contributed by atoms with Crippen LogP contribution in [0.3, 0.4) is 0 Å². The molecule has 0 saturated heterocycles. The molecule has 0 spiro atoms. The first-order chi connectivity index (χ1) is 9.58. The molecule has 0 aliphatic heterocycles. The van der Waals surface area contributed by atoms with Gasteiger partial charge in [-0.3, -0.25) is 4.79 Å². The lowest BCUT2D eigenvalue weighted by Crippen LogP contribution is -2.07. The lowest BCUT2D eigenvalue weighted by molar-refractivity contribution is -0.117. The number of rotatable bonds is 5. The van der Waals surface area contributed by atoms with E-state index in [-0.39, 0.29) is 18.0 Å². The third-order valence-corrected chi connectivity index (χ3v) is 3.14. The summed E-state index contributed by atoms with van der Waals surface area (Å²) >= 11 is 0. The van der Waals surface area contributed by atoms with Crippen molar-refractivity contribution in [1.29, 1.82) is 0 Å². The lowest BCUT2D eigenvalue weighted by atomic mass is 10.0. The van der Waals surface area contributed by atoms with E-state index in [1.165, 1.54) is 18.7 Å². The largest absolute Gasteiger partial charge is 0.494 e. The van der Waals surface area contributed by atoms with Gasteiger partial charge in [0.05, 0.1) is 7.11 Å². The molecule has 20 heavy (non-hydrogen) atoms. The number of carbonyl (C=O) groups is 1. The minimum absolute atomic E-state index is 0.0680. The fourth-order valence-electron chi connectivity index (χ4n) is 2.04. The Morgan fingerprint density at radius 2 is 1.65 bits per heavy atom. The van der Waals surface area contributed by atoms with Crippen LogP contribution in [0, 0.1) is 12.7 Å². The Bertz CT molecular complexity index is 603. The highest BCUT2D eigenvalue weighted by Gasteiger charge is 2.08. The van der Waals surface area contributed by atoms with E-state index in [0.717, 1.165) is 5.56 Å². The van der Waals surface area contributed by atoms with Gasteiger partial charge in [0.15, 0.2) is 11.6 Å². The fourth-order valence-corrected chi connectivity index (χ4v) is 2.04. The van der Waals surface area contributed by atoms with Crippen molar-refractivity contribution in [2.45, 2.75) is 19.8 Å². The van der Waals surface area contributed by atoms with Crippen LogP contribution in [0.1, 0.15) is 16.7 Å². The van der Waals surface area contributed by atoms with Gasteiger partial charge in [-0.25, -0.2) is 4.39 Å². The van der Waals surface area contributed by atoms with Crippen molar-refractivity contribution in [3.8, 4) is 5.75 Å². The summed E-state index contributed by atoms with van der Waals surface area (Å²) < 4.78 is 18.4. The van der Waals surface area contributed by atoms with Gasteiger partial charge in [-0.15, -0.1) is 0 Å². The molecule has 0 N–H and O–H groups in total. The molecular weight excluding hydrogens is 255 g/mol. The van der Waals surface area contributed by atoms with Crippen LogP contribution in [0.2, 0.25) is 0 Å². The average Bonchev–Trinajstić information content (AvgIpc) is 2.41. The van der Waals surface area contributed by atoms with Crippen molar-refractivity contribution in [2.75, 3.05) is 7.11 Å². The van der Waals surface area contributed by atoms with Crippen LogP contribution < -0.4 is 4.74 Å². The molecule has 0 aliphatic carbocycles. The van der Waals surface area contributed by atoms with Crippen LogP contribution in [0.5, 0.6) is 5.75 Å². The van der Waals surface area contributed by atoms with Crippen molar-refractivity contribution in [1.82, 2.24) is 0 Å². The van der Waals surface area contributed by atoms with Crippen LogP contribution in [0.15, 0.2) is 42.5 Å². The molecule has 0 aromatic heterocycles. The summed E-state index contributed by atoms with van der Waals surface area (Å²) in [6.07, 6.45) is 0.600. The van der Waals surface area contributed by atoms with Crippen molar-refractivity contribution < 1.29 is 13.9 Å². The molecule has 0 amide bonds. The first-order valence-corrected chi connectivity index (χ1v) is 6.48. The second-order valence-electron chi connectivity index (χ2n) is 4.85. The van der Waals surface area contributed by atoms with Crippen molar-refractivity contribution in [3.63, 3.8) is 0 Å². The Morgan fingerprint density at radius 3 is 2.25 bits per heavy atom. The predicted octanol–water partition coefficient (Wildman–Crippen LogP) is 3.50. The number of aryl methyl sites for hydroxylation is 1. The van der Waals surface area contributed by atoms with Gasteiger partial charge >= 0.3 is 0 Å². The third kappa shape index (κ3) is 3.67. The number of halogens is 1. The number of ether oxygens (including phenoxy) is 1. The Kier molecular flexibility index (Phi) is 4.51. The van der Waals surface area contributed by atoms with Crippen LogP contribution in [-0.2, 0) is 17.6 Å². The van der Waals surface area contributed by atoms with Crippen LogP contribution in [0.25, 0.3) is 0 Å². The smallest absolute Gasteiger partial charge is 0.165 e. The molecule has 0 saturated carbocycles. The number of hydrogen-bond donors (Lipinski definition) is 0. The Balaban J connectivity index is 2.01. The number of methoxy groups -OCH3 is 1. The van der Waals surface area contributed by atoms with E-state index in [2.05, 4.69) is 0 Å². The zero-order valence-electron chi connectivity index (χ0n) is 11.7. The van der Waals surface area contributed by atoms with E-state index in [1.807, 2.05) is 31.2 Å². The minimum atomic E-state index is -0.437. The maximum absolute atomic E-state index is 13.5. The van der Waals surface area contributed by atoms with Gasteiger partial charge in [-0.2, -0.15) is 0 Å². The van der Waals surface area contributed by atoms with E-state index < -0.39 is 5.82 Å². The molecule has 0 atom stereocenters. The SMILES string of the molecule is COc1ccc(CC(=O)Cc2ccc(C)cc2)cc1F. The van der Waals surface area contributed by atoms with Crippen LogP contribution in [0.4, 0.5) is 4.39 Å². The van der Waals surface area contributed by atoms with Crippen LogP contribution >= 0.6 is 0 Å². The van der Waals surface area contributed by atoms with E-state index in [9.17, 15) is 9.18 Å². The van der Waals surface area contributed by atoms with Gasteiger partial charge in [0.1, 0.15) is 5.78 Å². The summed E-state index contributed by atoms with van der Waals surface area (Å²) in [5, 5.41) is 0. The second kappa shape index (κ2) is 6.33. The Morgan fingerprint density at radius 1 is 1.05 bits per heavy atom. The molecule has 2 rings (SSSR count). The molecular formula is C17H17FO2. The molecule has 3 heteroatoms. The number of hydrogen-bond acceptors (Lipinski definition) is 2. The van der Waals surface area contributed by atoms with Crippen LogP contribution in [-0.4, -0.2) is 12.9 Å². The number of ketones is 1. The molecule has 0 heterocycles. The van der Waals surface area contributed by atoms with E-state index in [4.69, 9.17) is 4.74 Å². The van der Waals surface area contributed by atoms with E-state index in [0.29, 0.717) is 12.0 Å². The maximum atomic E-state index is 13.5. The molecule has 0 unspecified atom stereocenters. The molecule has 0 bridgehead atoms. The van der Waals surface area contributed by atoms with Gasteiger partial charge in [-0.1, -0.05) is 35.9 Å².